The molecule has 4 nitrogen and oxygen atoms in total. The second-order valence-corrected chi connectivity index (χ2v) is 7.02. The van der Waals surface area contributed by atoms with Crippen molar-refractivity contribution in [3.63, 3.8) is 0 Å². The Labute approximate surface area is 156 Å². The molecule has 1 saturated carbocycles. The summed E-state index contributed by atoms with van der Waals surface area (Å²) < 4.78 is 5.61. The van der Waals surface area contributed by atoms with E-state index in [1.807, 2.05) is 48.5 Å². The van der Waals surface area contributed by atoms with Crippen LogP contribution < -0.4 is 5.32 Å². The highest BCUT2D eigenvalue weighted by atomic mass is 35.5. The zero-order valence-corrected chi connectivity index (χ0v) is 14.9. The van der Waals surface area contributed by atoms with Gasteiger partial charge in [0.1, 0.15) is 5.52 Å². The molecule has 1 aliphatic rings. The van der Waals surface area contributed by atoms with Crippen LogP contribution in [-0.4, -0.2) is 10.9 Å². The van der Waals surface area contributed by atoms with E-state index in [-0.39, 0.29) is 11.9 Å². The van der Waals surface area contributed by atoms with Crippen molar-refractivity contribution in [3.05, 3.63) is 71.1 Å². The zero-order chi connectivity index (χ0) is 17.9. The van der Waals surface area contributed by atoms with Gasteiger partial charge in [0.15, 0.2) is 5.58 Å². The first-order chi connectivity index (χ1) is 12.7. The first-order valence-electron chi connectivity index (χ1n) is 8.79. The van der Waals surface area contributed by atoms with Crippen LogP contribution in [0.5, 0.6) is 0 Å². The summed E-state index contributed by atoms with van der Waals surface area (Å²) in [5.74, 6) is 0.741. The highest BCUT2D eigenvalue weighted by Crippen LogP contribution is 2.38. The zero-order valence-electron chi connectivity index (χ0n) is 14.2. The summed E-state index contributed by atoms with van der Waals surface area (Å²) in [7, 11) is 0. The molecule has 2 aromatic carbocycles. The van der Waals surface area contributed by atoms with Crippen molar-refractivity contribution >= 4 is 34.7 Å². The molecule has 1 heterocycles. The van der Waals surface area contributed by atoms with Crippen molar-refractivity contribution in [2.75, 3.05) is 0 Å². The largest absolute Gasteiger partial charge is 0.437 e. The van der Waals surface area contributed by atoms with Gasteiger partial charge in [0.05, 0.1) is 6.04 Å². The third-order valence-corrected chi connectivity index (χ3v) is 5.09. The number of nitrogens with zero attached hydrogens (tertiary/aromatic N) is 1. The van der Waals surface area contributed by atoms with Crippen LogP contribution in [0, 0.1) is 5.92 Å². The summed E-state index contributed by atoms with van der Waals surface area (Å²) >= 11 is 5.98. The third kappa shape index (κ3) is 3.65. The van der Waals surface area contributed by atoms with Crippen LogP contribution in [0.2, 0.25) is 5.02 Å². The van der Waals surface area contributed by atoms with Crippen molar-refractivity contribution in [3.8, 4) is 0 Å². The smallest absolute Gasteiger partial charge is 0.244 e. The molecular formula is C21H19ClN2O2. The summed E-state index contributed by atoms with van der Waals surface area (Å²) in [4.78, 5) is 16.8. The minimum absolute atomic E-state index is 0.00167. The predicted molar refractivity (Wildman–Crippen MR) is 103 cm³/mol. The molecule has 0 saturated heterocycles. The predicted octanol–water partition coefficient (Wildman–Crippen LogP) is 5.15. The lowest BCUT2D eigenvalue weighted by atomic mass is 9.77. The van der Waals surface area contributed by atoms with Crippen LogP contribution in [0.1, 0.15) is 36.8 Å². The first-order valence-corrected chi connectivity index (χ1v) is 9.16. The summed E-state index contributed by atoms with van der Waals surface area (Å²) in [6.07, 6.45) is 6.55. The molecule has 132 valence electrons. The number of halogens is 1. The average Bonchev–Trinajstić information content (AvgIpc) is 3.01. The molecule has 26 heavy (non-hydrogen) atoms. The van der Waals surface area contributed by atoms with E-state index in [1.165, 1.54) is 12.5 Å². The Balaban J connectivity index is 1.48. The standard InChI is InChI=1S/C21H19ClN2O2/c22-16-10-8-15(9-11-16)21(14-4-3-5-14)24-19(25)12-13-20-23-17-6-1-2-7-18(17)26-20/h1-2,6-14,21H,3-5H2,(H,24,25). The van der Waals surface area contributed by atoms with E-state index in [2.05, 4.69) is 10.3 Å². The van der Waals surface area contributed by atoms with Crippen LogP contribution in [-0.2, 0) is 4.79 Å². The Bertz CT molecular complexity index is 909. The van der Waals surface area contributed by atoms with E-state index >= 15 is 0 Å². The molecule has 1 fully saturated rings. The maximum absolute atomic E-state index is 12.4. The quantitative estimate of drug-likeness (QED) is 0.635. The molecule has 1 amide bonds. The van der Waals surface area contributed by atoms with Crippen LogP contribution in [0.25, 0.3) is 17.2 Å². The number of hydrogen-bond acceptors (Lipinski definition) is 3. The molecule has 1 aliphatic carbocycles. The fourth-order valence-electron chi connectivity index (χ4n) is 3.23. The van der Waals surface area contributed by atoms with Gasteiger partial charge in [0, 0.05) is 17.2 Å². The van der Waals surface area contributed by atoms with Gasteiger partial charge in [-0.15, -0.1) is 0 Å². The molecule has 0 aliphatic heterocycles. The van der Waals surface area contributed by atoms with Crippen LogP contribution in [0.15, 0.2) is 59.0 Å². The lowest BCUT2D eigenvalue weighted by Crippen LogP contribution is -2.35. The lowest BCUT2D eigenvalue weighted by molar-refractivity contribution is -0.117. The fourth-order valence-corrected chi connectivity index (χ4v) is 3.35. The normalized spacial score (nSPS) is 15.9. The SMILES string of the molecule is O=C(C=Cc1nc2ccccc2o1)NC(c1ccc(Cl)cc1)C1CCC1. The number of amides is 1. The second kappa shape index (κ2) is 7.34. The number of oxazole rings is 1. The molecule has 0 spiro atoms. The molecule has 0 bridgehead atoms. The van der Waals surface area contributed by atoms with Crippen molar-refractivity contribution in [1.82, 2.24) is 10.3 Å². The number of carbonyl (C=O) groups is 1. The summed E-state index contributed by atoms with van der Waals surface area (Å²) in [5, 5.41) is 3.82. The van der Waals surface area contributed by atoms with Gasteiger partial charge < -0.3 is 9.73 Å². The molecule has 5 heteroatoms. The van der Waals surface area contributed by atoms with E-state index in [4.69, 9.17) is 16.0 Å². The van der Waals surface area contributed by atoms with Gasteiger partial charge >= 0.3 is 0 Å². The van der Waals surface area contributed by atoms with Gasteiger partial charge in [-0.25, -0.2) is 4.98 Å². The van der Waals surface area contributed by atoms with E-state index in [1.54, 1.807) is 6.08 Å². The number of rotatable bonds is 5. The molecule has 1 aromatic heterocycles. The minimum Gasteiger partial charge on any atom is -0.437 e. The van der Waals surface area contributed by atoms with Crippen molar-refractivity contribution in [1.29, 1.82) is 0 Å². The maximum Gasteiger partial charge on any atom is 0.244 e. The van der Waals surface area contributed by atoms with Gasteiger partial charge in [0.25, 0.3) is 0 Å². The second-order valence-electron chi connectivity index (χ2n) is 6.58. The summed E-state index contributed by atoms with van der Waals surface area (Å²) in [5.41, 5.74) is 2.57. The fraction of sp³-hybridized carbons (Fsp3) is 0.238. The highest BCUT2D eigenvalue weighted by molar-refractivity contribution is 6.30. The number of carbonyl (C=O) groups excluding carboxylic acids is 1. The van der Waals surface area contributed by atoms with E-state index in [0.29, 0.717) is 22.4 Å². The monoisotopic (exact) mass is 366 g/mol. The van der Waals surface area contributed by atoms with Gasteiger partial charge in [-0.2, -0.15) is 0 Å². The highest BCUT2D eigenvalue weighted by Gasteiger charge is 2.29. The Morgan fingerprint density at radius 1 is 1.19 bits per heavy atom. The molecule has 1 atom stereocenters. The summed E-state index contributed by atoms with van der Waals surface area (Å²) in [6.45, 7) is 0. The number of hydrogen-bond donors (Lipinski definition) is 1. The Hall–Kier alpha value is -2.59. The van der Waals surface area contributed by atoms with Crippen molar-refractivity contribution in [2.24, 2.45) is 5.92 Å². The molecule has 4 rings (SSSR count). The topological polar surface area (TPSA) is 55.1 Å². The van der Waals surface area contributed by atoms with Crippen molar-refractivity contribution in [2.45, 2.75) is 25.3 Å². The van der Waals surface area contributed by atoms with Crippen LogP contribution >= 0.6 is 11.6 Å². The number of aromatic nitrogens is 1. The van der Waals surface area contributed by atoms with E-state index in [9.17, 15) is 4.79 Å². The molecule has 1 N–H and O–H groups in total. The van der Waals surface area contributed by atoms with Gasteiger partial charge in [-0.3, -0.25) is 4.79 Å². The molecule has 1 unspecified atom stereocenters. The van der Waals surface area contributed by atoms with Gasteiger partial charge in [-0.05, 0) is 48.6 Å². The maximum atomic E-state index is 12.4. The van der Waals surface area contributed by atoms with Gasteiger partial charge in [-0.1, -0.05) is 42.3 Å². The number of nitrogens with one attached hydrogen (secondary N) is 1. The van der Waals surface area contributed by atoms with Crippen LogP contribution in [0.4, 0.5) is 0 Å². The van der Waals surface area contributed by atoms with Crippen LogP contribution in [0.3, 0.4) is 0 Å². The molecule has 0 radical (unpaired) electrons. The Morgan fingerprint density at radius 2 is 1.96 bits per heavy atom. The molecular weight excluding hydrogens is 348 g/mol. The number of para-hydroxylation sites is 2. The third-order valence-electron chi connectivity index (χ3n) is 4.84. The average molecular weight is 367 g/mol. The number of fused-ring (bicyclic) bond motifs is 1. The van der Waals surface area contributed by atoms with E-state index in [0.717, 1.165) is 23.9 Å². The molecule has 3 aromatic rings. The Morgan fingerprint density at radius 3 is 2.65 bits per heavy atom. The van der Waals surface area contributed by atoms with Gasteiger partial charge in [0.2, 0.25) is 11.8 Å². The minimum atomic E-state index is -0.154. The van der Waals surface area contributed by atoms with Crippen molar-refractivity contribution < 1.29 is 9.21 Å². The van der Waals surface area contributed by atoms with E-state index < -0.39 is 0 Å². The summed E-state index contributed by atoms with van der Waals surface area (Å²) in [6, 6.07) is 15.2. The Kier molecular flexibility index (Phi) is 4.76. The lowest BCUT2D eigenvalue weighted by Gasteiger charge is -2.34. The first kappa shape index (κ1) is 16.9. The number of benzene rings is 2.